The first-order chi connectivity index (χ1) is 8.63. The summed E-state index contributed by atoms with van der Waals surface area (Å²) in [6, 6.07) is 0.576. The minimum atomic E-state index is 0.215. The zero-order valence-corrected chi connectivity index (χ0v) is 11.8. The van der Waals surface area contributed by atoms with Crippen LogP contribution < -0.4 is 5.73 Å². The zero-order chi connectivity index (χ0) is 13.1. The molecular weight excluding hydrogens is 226 g/mol. The van der Waals surface area contributed by atoms with Crippen molar-refractivity contribution in [3.05, 3.63) is 0 Å². The van der Waals surface area contributed by atoms with E-state index < -0.39 is 0 Å². The molecule has 0 spiro atoms. The van der Waals surface area contributed by atoms with Gasteiger partial charge in [0.1, 0.15) is 0 Å². The van der Waals surface area contributed by atoms with E-state index in [4.69, 9.17) is 5.73 Å². The highest BCUT2D eigenvalue weighted by atomic mass is 16.2. The van der Waals surface area contributed by atoms with Gasteiger partial charge >= 0.3 is 6.03 Å². The number of amides is 2. The maximum atomic E-state index is 12.5. The van der Waals surface area contributed by atoms with Crippen molar-refractivity contribution in [2.45, 2.75) is 45.1 Å². The number of hydrogen-bond donors (Lipinski definition) is 1. The lowest BCUT2D eigenvalue weighted by atomic mass is 10.00. The first-order valence-corrected chi connectivity index (χ1v) is 7.35. The number of carbonyl (C=O) groups is 1. The summed E-state index contributed by atoms with van der Waals surface area (Å²) >= 11 is 0. The van der Waals surface area contributed by atoms with E-state index in [0.717, 1.165) is 25.9 Å². The summed E-state index contributed by atoms with van der Waals surface area (Å²) in [6.07, 6.45) is 5.90. The van der Waals surface area contributed by atoms with Crippen LogP contribution in [0, 0.1) is 11.8 Å². The standard InChI is InChI=1S/C14H27N3O/c1-11-5-4-8-17(10-11)14(18)16(2)13-7-3-6-12(13)9-15/h11-13H,3-10,15H2,1-2H3. The van der Waals surface area contributed by atoms with Crippen LogP contribution in [0.3, 0.4) is 0 Å². The van der Waals surface area contributed by atoms with Crippen molar-refractivity contribution in [2.75, 3.05) is 26.7 Å². The Labute approximate surface area is 110 Å². The van der Waals surface area contributed by atoms with Crippen LogP contribution in [0.25, 0.3) is 0 Å². The van der Waals surface area contributed by atoms with Gasteiger partial charge in [0.05, 0.1) is 0 Å². The fourth-order valence-electron chi connectivity index (χ4n) is 3.53. The van der Waals surface area contributed by atoms with E-state index in [0.29, 0.717) is 24.4 Å². The molecule has 4 nitrogen and oxygen atoms in total. The van der Waals surface area contributed by atoms with Crippen LogP contribution in [0.2, 0.25) is 0 Å². The monoisotopic (exact) mass is 253 g/mol. The number of nitrogens with two attached hydrogens (primary N) is 1. The maximum absolute atomic E-state index is 12.5. The molecule has 4 heteroatoms. The predicted octanol–water partition coefficient (Wildman–Crippen LogP) is 1.90. The third-order valence-corrected chi connectivity index (χ3v) is 4.65. The van der Waals surface area contributed by atoms with Crippen LogP contribution in [0.5, 0.6) is 0 Å². The van der Waals surface area contributed by atoms with Gasteiger partial charge in [0.2, 0.25) is 0 Å². The summed E-state index contributed by atoms with van der Waals surface area (Å²) in [5.74, 6) is 1.14. The van der Waals surface area contributed by atoms with E-state index in [1.807, 2.05) is 16.8 Å². The number of urea groups is 1. The molecule has 2 aliphatic rings. The average molecular weight is 253 g/mol. The van der Waals surface area contributed by atoms with Crippen LogP contribution in [0.1, 0.15) is 39.0 Å². The van der Waals surface area contributed by atoms with Gasteiger partial charge in [-0.25, -0.2) is 4.79 Å². The fourth-order valence-corrected chi connectivity index (χ4v) is 3.53. The number of carbonyl (C=O) groups excluding carboxylic acids is 1. The van der Waals surface area contributed by atoms with Gasteiger partial charge in [-0.2, -0.15) is 0 Å². The van der Waals surface area contributed by atoms with E-state index in [9.17, 15) is 4.79 Å². The molecule has 2 rings (SSSR count). The predicted molar refractivity (Wildman–Crippen MR) is 73.3 cm³/mol. The smallest absolute Gasteiger partial charge is 0.320 e. The van der Waals surface area contributed by atoms with Crippen LogP contribution in [0.4, 0.5) is 4.79 Å². The summed E-state index contributed by atoms with van der Waals surface area (Å²) < 4.78 is 0. The van der Waals surface area contributed by atoms with Gasteiger partial charge in [-0.3, -0.25) is 0 Å². The van der Waals surface area contributed by atoms with Gasteiger partial charge < -0.3 is 15.5 Å². The molecule has 2 N–H and O–H groups in total. The van der Waals surface area contributed by atoms with Gasteiger partial charge in [0.15, 0.2) is 0 Å². The molecule has 18 heavy (non-hydrogen) atoms. The molecule has 3 atom stereocenters. The van der Waals surface area contributed by atoms with Crippen molar-refractivity contribution in [1.82, 2.24) is 9.80 Å². The molecule has 3 unspecified atom stereocenters. The van der Waals surface area contributed by atoms with Gasteiger partial charge in [0, 0.05) is 26.2 Å². The highest BCUT2D eigenvalue weighted by Gasteiger charge is 2.34. The minimum absolute atomic E-state index is 0.215. The van der Waals surface area contributed by atoms with Crippen LogP contribution >= 0.6 is 0 Å². The highest BCUT2D eigenvalue weighted by Crippen LogP contribution is 2.29. The van der Waals surface area contributed by atoms with Gasteiger partial charge in [-0.05, 0) is 44.1 Å². The van der Waals surface area contributed by atoms with Crippen molar-refractivity contribution in [3.63, 3.8) is 0 Å². The molecule has 0 radical (unpaired) electrons. The highest BCUT2D eigenvalue weighted by molar-refractivity contribution is 5.74. The van der Waals surface area contributed by atoms with Crippen LogP contribution in [-0.2, 0) is 0 Å². The summed E-state index contributed by atoms with van der Waals surface area (Å²) in [4.78, 5) is 16.5. The van der Waals surface area contributed by atoms with E-state index in [1.165, 1.54) is 19.3 Å². The van der Waals surface area contributed by atoms with Crippen molar-refractivity contribution in [3.8, 4) is 0 Å². The minimum Gasteiger partial charge on any atom is -0.330 e. The van der Waals surface area contributed by atoms with Crippen molar-refractivity contribution in [2.24, 2.45) is 17.6 Å². The Morgan fingerprint density at radius 3 is 2.78 bits per heavy atom. The lowest BCUT2D eigenvalue weighted by molar-refractivity contribution is 0.118. The average Bonchev–Trinajstić information content (AvgIpc) is 2.85. The summed E-state index contributed by atoms with van der Waals surface area (Å²) in [6.45, 7) is 4.78. The SMILES string of the molecule is CC1CCCN(C(=O)N(C)C2CCCC2CN)C1. The van der Waals surface area contributed by atoms with E-state index in [2.05, 4.69) is 6.92 Å². The lowest BCUT2D eigenvalue weighted by Gasteiger charge is -2.37. The Kier molecular flexibility index (Phi) is 4.49. The Bertz CT molecular complexity index is 295. The molecule has 1 saturated carbocycles. The van der Waals surface area contributed by atoms with Crippen LogP contribution in [0.15, 0.2) is 0 Å². The van der Waals surface area contributed by atoms with Crippen molar-refractivity contribution in [1.29, 1.82) is 0 Å². The number of hydrogen-bond acceptors (Lipinski definition) is 2. The second kappa shape index (κ2) is 5.91. The van der Waals surface area contributed by atoms with E-state index in [-0.39, 0.29) is 6.03 Å². The molecule has 1 heterocycles. The molecule has 1 aliphatic carbocycles. The first-order valence-electron chi connectivity index (χ1n) is 7.35. The first kappa shape index (κ1) is 13.7. The summed E-state index contributed by atoms with van der Waals surface area (Å²) in [7, 11) is 1.96. The molecule has 1 saturated heterocycles. The molecule has 0 aromatic rings. The molecule has 1 aliphatic heterocycles. The number of nitrogens with zero attached hydrogens (tertiary/aromatic N) is 2. The van der Waals surface area contributed by atoms with Gasteiger partial charge in [0.25, 0.3) is 0 Å². The zero-order valence-electron chi connectivity index (χ0n) is 11.8. The van der Waals surface area contributed by atoms with Crippen molar-refractivity contribution < 1.29 is 4.79 Å². The second-order valence-corrected chi connectivity index (χ2v) is 6.08. The molecular formula is C14H27N3O. The molecule has 104 valence electrons. The quantitative estimate of drug-likeness (QED) is 0.817. The molecule has 2 amide bonds. The molecule has 0 aromatic heterocycles. The third kappa shape index (κ3) is 2.79. The molecule has 0 aromatic carbocycles. The Hall–Kier alpha value is -0.770. The largest absolute Gasteiger partial charge is 0.330 e. The Morgan fingerprint density at radius 1 is 1.33 bits per heavy atom. The number of rotatable bonds is 2. The lowest BCUT2D eigenvalue weighted by Crippen LogP contribution is -2.50. The third-order valence-electron chi connectivity index (χ3n) is 4.65. The summed E-state index contributed by atoms with van der Waals surface area (Å²) in [5.41, 5.74) is 5.81. The summed E-state index contributed by atoms with van der Waals surface area (Å²) in [5, 5.41) is 0. The Morgan fingerprint density at radius 2 is 2.11 bits per heavy atom. The fraction of sp³-hybridized carbons (Fsp3) is 0.929. The van der Waals surface area contributed by atoms with E-state index in [1.54, 1.807) is 0 Å². The molecule has 0 bridgehead atoms. The van der Waals surface area contributed by atoms with Gasteiger partial charge in [-0.1, -0.05) is 13.3 Å². The van der Waals surface area contributed by atoms with Gasteiger partial charge in [-0.15, -0.1) is 0 Å². The van der Waals surface area contributed by atoms with Crippen molar-refractivity contribution >= 4 is 6.03 Å². The molecule has 2 fully saturated rings. The number of piperidine rings is 1. The Balaban J connectivity index is 1.95. The normalized spacial score (nSPS) is 32.6. The van der Waals surface area contributed by atoms with E-state index >= 15 is 0 Å². The number of likely N-dealkylation sites (tertiary alicyclic amines) is 1. The maximum Gasteiger partial charge on any atom is 0.320 e. The van der Waals surface area contributed by atoms with Crippen LogP contribution in [-0.4, -0.2) is 48.6 Å². The second-order valence-electron chi connectivity index (χ2n) is 6.08. The topological polar surface area (TPSA) is 49.6 Å².